The molecule has 0 saturated heterocycles. The predicted octanol–water partition coefficient (Wildman–Crippen LogP) is 7.46. The fourth-order valence-corrected chi connectivity index (χ4v) is 3.59. The molecular weight excluding hydrogens is 354 g/mol. The van der Waals surface area contributed by atoms with Gasteiger partial charge < -0.3 is 4.42 Å². The Morgan fingerprint density at radius 3 is 2.48 bits per heavy atom. The highest BCUT2D eigenvalue weighted by molar-refractivity contribution is 6.05. The molecule has 2 aromatic heterocycles. The third-order valence-corrected chi connectivity index (χ3v) is 5.08. The summed E-state index contributed by atoms with van der Waals surface area (Å²) in [5.74, 6) is 0. The summed E-state index contributed by atoms with van der Waals surface area (Å²) in [4.78, 5) is 4.50. The normalized spacial score (nSPS) is 11.4. The lowest BCUT2D eigenvalue weighted by molar-refractivity contribution is 0.669. The van der Waals surface area contributed by atoms with Crippen molar-refractivity contribution in [1.29, 1.82) is 0 Å². The van der Waals surface area contributed by atoms with Crippen LogP contribution in [0.3, 0.4) is 0 Å². The van der Waals surface area contributed by atoms with Crippen molar-refractivity contribution in [3.63, 3.8) is 0 Å². The minimum absolute atomic E-state index is 0.908. The molecule has 0 unspecified atom stereocenters. The molecule has 138 valence electrons. The maximum absolute atomic E-state index is 5.91. The van der Waals surface area contributed by atoms with Crippen molar-refractivity contribution >= 4 is 40.2 Å². The van der Waals surface area contributed by atoms with Crippen LogP contribution in [0.5, 0.6) is 0 Å². The highest BCUT2D eigenvalue weighted by Crippen LogP contribution is 2.29. The standard InChI is InChI=1S/C27H19NO/c1-2-19-6-5-7-21(16-19)22-14-15-28-23(18-22)12-10-20-11-13-27-25(17-20)24-8-3-4-9-26(24)29-27/h2-18H,1H2/b12-10+. The van der Waals surface area contributed by atoms with Crippen molar-refractivity contribution in [3.8, 4) is 11.1 Å². The van der Waals surface area contributed by atoms with E-state index >= 15 is 0 Å². The summed E-state index contributed by atoms with van der Waals surface area (Å²) in [7, 11) is 0. The van der Waals surface area contributed by atoms with Crippen LogP contribution in [0, 0.1) is 0 Å². The fourth-order valence-electron chi connectivity index (χ4n) is 3.59. The zero-order chi connectivity index (χ0) is 19.6. The lowest BCUT2D eigenvalue weighted by Gasteiger charge is -2.04. The summed E-state index contributed by atoms with van der Waals surface area (Å²) < 4.78 is 5.91. The molecule has 0 aliphatic heterocycles. The van der Waals surface area contributed by atoms with Crippen LogP contribution in [-0.2, 0) is 0 Å². The van der Waals surface area contributed by atoms with Crippen LogP contribution in [0.25, 0.3) is 51.3 Å². The molecule has 29 heavy (non-hydrogen) atoms. The van der Waals surface area contributed by atoms with Crippen molar-refractivity contribution < 1.29 is 4.42 Å². The average Bonchev–Trinajstić information content (AvgIpc) is 3.16. The van der Waals surface area contributed by atoms with E-state index in [1.165, 1.54) is 0 Å². The topological polar surface area (TPSA) is 26.0 Å². The molecule has 3 aromatic carbocycles. The number of rotatable bonds is 4. The van der Waals surface area contributed by atoms with Crippen LogP contribution in [0.1, 0.15) is 16.8 Å². The molecule has 0 amide bonds. The minimum atomic E-state index is 0.908. The van der Waals surface area contributed by atoms with Crippen molar-refractivity contribution in [2.45, 2.75) is 0 Å². The first-order valence-electron chi connectivity index (χ1n) is 9.58. The molecule has 0 bridgehead atoms. The first-order valence-corrected chi connectivity index (χ1v) is 9.58. The Bertz CT molecular complexity index is 1370. The van der Waals surface area contributed by atoms with Gasteiger partial charge in [-0.3, -0.25) is 4.98 Å². The van der Waals surface area contributed by atoms with Gasteiger partial charge in [0, 0.05) is 17.0 Å². The van der Waals surface area contributed by atoms with E-state index in [0.29, 0.717) is 0 Å². The molecule has 0 radical (unpaired) electrons. The smallest absolute Gasteiger partial charge is 0.135 e. The summed E-state index contributed by atoms with van der Waals surface area (Å²) in [5.41, 5.74) is 7.27. The number of aromatic nitrogens is 1. The Labute approximate surface area is 169 Å². The van der Waals surface area contributed by atoms with E-state index < -0.39 is 0 Å². The number of hydrogen-bond donors (Lipinski definition) is 0. The largest absolute Gasteiger partial charge is 0.456 e. The van der Waals surface area contributed by atoms with Gasteiger partial charge >= 0.3 is 0 Å². The predicted molar refractivity (Wildman–Crippen MR) is 122 cm³/mol. The molecule has 2 heteroatoms. The Morgan fingerprint density at radius 1 is 0.690 bits per heavy atom. The van der Waals surface area contributed by atoms with E-state index in [9.17, 15) is 0 Å². The van der Waals surface area contributed by atoms with Crippen molar-refractivity contribution in [1.82, 2.24) is 4.98 Å². The van der Waals surface area contributed by atoms with Gasteiger partial charge in [0.15, 0.2) is 0 Å². The minimum Gasteiger partial charge on any atom is -0.456 e. The van der Waals surface area contributed by atoms with Gasteiger partial charge in [-0.05, 0) is 64.7 Å². The fraction of sp³-hybridized carbons (Fsp3) is 0. The molecule has 0 N–H and O–H groups in total. The van der Waals surface area contributed by atoms with Crippen LogP contribution in [0.2, 0.25) is 0 Å². The molecule has 0 saturated carbocycles. The van der Waals surface area contributed by atoms with Crippen molar-refractivity contribution in [3.05, 3.63) is 108 Å². The van der Waals surface area contributed by atoms with Gasteiger partial charge in [0.05, 0.1) is 5.69 Å². The summed E-state index contributed by atoms with van der Waals surface area (Å²) >= 11 is 0. The van der Waals surface area contributed by atoms with E-state index in [1.54, 1.807) is 0 Å². The number of nitrogens with zero attached hydrogens (tertiary/aromatic N) is 1. The Kier molecular flexibility index (Phi) is 4.30. The molecule has 2 heterocycles. The second-order valence-corrected chi connectivity index (χ2v) is 6.99. The average molecular weight is 373 g/mol. The summed E-state index contributed by atoms with van der Waals surface area (Å²) in [5, 5.41) is 2.27. The second-order valence-electron chi connectivity index (χ2n) is 6.99. The van der Waals surface area contributed by atoms with Crippen LogP contribution in [0.4, 0.5) is 0 Å². The number of hydrogen-bond acceptors (Lipinski definition) is 2. The zero-order valence-corrected chi connectivity index (χ0v) is 15.9. The number of pyridine rings is 1. The number of fused-ring (bicyclic) bond motifs is 3. The Morgan fingerprint density at radius 2 is 1.55 bits per heavy atom. The van der Waals surface area contributed by atoms with E-state index in [4.69, 9.17) is 4.42 Å². The molecule has 0 aliphatic carbocycles. The van der Waals surface area contributed by atoms with Gasteiger partial charge in [-0.1, -0.05) is 61.2 Å². The van der Waals surface area contributed by atoms with E-state index in [2.05, 4.69) is 54.0 Å². The van der Waals surface area contributed by atoms with E-state index in [-0.39, 0.29) is 0 Å². The highest BCUT2D eigenvalue weighted by atomic mass is 16.3. The third-order valence-electron chi connectivity index (χ3n) is 5.08. The first kappa shape index (κ1) is 17.2. The molecular formula is C27H19NO. The van der Waals surface area contributed by atoms with Gasteiger partial charge in [-0.15, -0.1) is 0 Å². The first-order chi connectivity index (χ1) is 14.3. The summed E-state index contributed by atoms with van der Waals surface area (Å²) in [6.07, 6.45) is 7.85. The molecule has 0 atom stereocenters. The SMILES string of the molecule is C=Cc1cccc(-c2ccnc(/C=C/c3ccc4oc5ccccc5c4c3)c2)c1. The number of benzene rings is 3. The lowest BCUT2D eigenvalue weighted by atomic mass is 10.0. The molecule has 0 fully saturated rings. The van der Waals surface area contributed by atoms with E-state index in [0.717, 1.165) is 49.9 Å². The molecule has 0 aliphatic rings. The molecule has 5 aromatic rings. The van der Waals surface area contributed by atoms with Crippen LogP contribution in [-0.4, -0.2) is 4.98 Å². The van der Waals surface area contributed by atoms with E-state index in [1.807, 2.05) is 60.8 Å². The van der Waals surface area contributed by atoms with Gasteiger partial charge in [-0.2, -0.15) is 0 Å². The maximum Gasteiger partial charge on any atom is 0.135 e. The van der Waals surface area contributed by atoms with Gasteiger partial charge in [0.25, 0.3) is 0 Å². The maximum atomic E-state index is 5.91. The monoisotopic (exact) mass is 373 g/mol. The van der Waals surface area contributed by atoms with Crippen molar-refractivity contribution in [2.75, 3.05) is 0 Å². The molecule has 2 nitrogen and oxygen atoms in total. The third kappa shape index (κ3) is 3.37. The summed E-state index contributed by atoms with van der Waals surface area (Å²) in [6.45, 7) is 3.85. The number of para-hydroxylation sites is 1. The van der Waals surface area contributed by atoms with Gasteiger partial charge in [0.1, 0.15) is 11.2 Å². The van der Waals surface area contributed by atoms with Crippen LogP contribution in [0.15, 0.2) is 96.1 Å². The number of furan rings is 1. The highest BCUT2D eigenvalue weighted by Gasteiger charge is 2.06. The quantitative estimate of drug-likeness (QED) is 0.327. The van der Waals surface area contributed by atoms with Crippen LogP contribution >= 0.6 is 0 Å². The van der Waals surface area contributed by atoms with Crippen molar-refractivity contribution in [2.24, 2.45) is 0 Å². The summed E-state index contributed by atoms with van der Waals surface area (Å²) in [6, 6.07) is 26.9. The lowest BCUT2D eigenvalue weighted by Crippen LogP contribution is -1.84. The second kappa shape index (κ2) is 7.25. The van der Waals surface area contributed by atoms with Gasteiger partial charge in [-0.25, -0.2) is 0 Å². The Balaban J connectivity index is 1.48. The molecule has 0 spiro atoms. The zero-order valence-electron chi connectivity index (χ0n) is 15.9. The Hall–Kier alpha value is -3.91. The van der Waals surface area contributed by atoms with Crippen LogP contribution < -0.4 is 0 Å². The van der Waals surface area contributed by atoms with Gasteiger partial charge in [0.2, 0.25) is 0 Å². The molecule has 5 rings (SSSR count).